The number of piperidine rings is 1. The number of hydrogen-bond acceptors (Lipinski definition) is 2. The van der Waals surface area contributed by atoms with Gasteiger partial charge in [0.15, 0.2) is 5.96 Å². The van der Waals surface area contributed by atoms with Crippen LogP contribution >= 0.6 is 24.0 Å². The van der Waals surface area contributed by atoms with Gasteiger partial charge >= 0.3 is 0 Å². The summed E-state index contributed by atoms with van der Waals surface area (Å²) in [6.07, 6.45) is 8.23. The van der Waals surface area contributed by atoms with Crippen LogP contribution in [0, 0.1) is 5.92 Å². The molecule has 1 aliphatic rings. The lowest BCUT2D eigenvalue weighted by atomic mass is 10.0. The molecule has 2 aromatic rings. The summed E-state index contributed by atoms with van der Waals surface area (Å²) in [6.45, 7) is 9.17. The van der Waals surface area contributed by atoms with E-state index in [1.165, 1.54) is 24.0 Å². The first-order valence-electron chi connectivity index (χ1n) is 9.31. The Hall–Kier alpha value is -1.57. The van der Waals surface area contributed by atoms with Crippen molar-refractivity contribution in [3.63, 3.8) is 0 Å². The Morgan fingerprint density at radius 3 is 2.69 bits per heavy atom. The second-order valence-electron chi connectivity index (χ2n) is 6.92. The third-order valence-electron chi connectivity index (χ3n) is 4.65. The van der Waals surface area contributed by atoms with Gasteiger partial charge in [0, 0.05) is 38.6 Å². The lowest BCUT2D eigenvalue weighted by molar-refractivity contribution is 0.266. The number of nitrogens with one attached hydrogen (secondary N) is 1. The minimum absolute atomic E-state index is 0. The number of imidazole rings is 1. The van der Waals surface area contributed by atoms with Crippen LogP contribution < -0.4 is 5.32 Å². The SMILES string of the molecule is CCNC(=NCc1ccc(Cn2ccnc2)cc1)N1CCCC(C)C1.I. The topological polar surface area (TPSA) is 45.5 Å². The number of hydrogen-bond donors (Lipinski definition) is 1. The molecule has 1 saturated heterocycles. The Kier molecular flexibility index (Phi) is 8.41. The van der Waals surface area contributed by atoms with Crippen molar-refractivity contribution in [3.05, 3.63) is 54.1 Å². The fraction of sp³-hybridized carbons (Fsp3) is 0.500. The molecule has 1 aliphatic heterocycles. The third-order valence-corrected chi connectivity index (χ3v) is 4.65. The quantitative estimate of drug-likeness (QED) is 0.414. The van der Waals surface area contributed by atoms with Gasteiger partial charge in [-0.05, 0) is 36.8 Å². The first-order chi connectivity index (χ1) is 12.2. The van der Waals surface area contributed by atoms with E-state index in [4.69, 9.17) is 4.99 Å². The van der Waals surface area contributed by atoms with Crippen LogP contribution in [-0.2, 0) is 13.1 Å². The van der Waals surface area contributed by atoms with Crippen LogP contribution in [0.3, 0.4) is 0 Å². The van der Waals surface area contributed by atoms with E-state index < -0.39 is 0 Å². The number of benzene rings is 1. The lowest BCUT2D eigenvalue weighted by Crippen LogP contribution is -2.46. The van der Waals surface area contributed by atoms with Gasteiger partial charge < -0.3 is 14.8 Å². The van der Waals surface area contributed by atoms with Gasteiger partial charge in [0.25, 0.3) is 0 Å². The van der Waals surface area contributed by atoms with E-state index >= 15 is 0 Å². The molecule has 0 saturated carbocycles. The number of halogens is 1. The van der Waals surface area contributed by atoms with Gasteiger partial charge in [-0.15, -0.1) is 24.0 Å². The van der Waals surface area contributed by atoms with Crippen LogP contribution in [0.5, 0.6) is 0 Å². The van der Waals surface area contributed by atoms with E-state index in [1.54, 1.807) is 0 Å². The fourth-order valence-electron chi connectivity index (χ4n) is 3.31. The van der Waals surface area contributed by atoms with Gasteiger partial charge in [-0.1, -0.05) is 31.2 Å². The van der Waals surface area contributed by atoms with E-state index in [9.17, 15) is 0 Å². The van der Waals surface area contributed by atoms with E-state index in [2.05, 4.69) is 57.9 Å². The molecule has 142 valence electrons. The second kappa shape index (κ2) is 10.5. The van der Waals surface area contributed by atoms with Crippen molar-refractivity contribution in [2.24, 2.45) is 10.9 Å². The Labute approximate surface area is 173 Å². The molecule has 6 heteroatoms. The molecular weight excluding hydrogens is 437 g/mol. The molecule has 1 atom stereocenters. The Bertz CT molecular complexity index is 666. The number of rotatable bonds is 5. The van der Waals surface area contributed by atoms with Gasteiger partial charge in [0.1, 0.15) is 0 Å². The summed E-state index contributed by atoms with van der Waals surface area (Å²) in [5.41, 5.74) is 2.53. The van der Waals surface area contributed by atoms with Crippen molar-refractivity contribution in [2.75, 3.05) is 19.6 Å². The Morgan fingerprint density at radius 1 is 1.27 bits per heavy atom. The molecule has 1 unspecified atom stereocenters. The number of aliphatic imine (C=N–C) groups is 1. The van der Waals surface area contributed by atoms with Crippen molar-refractivity contribution in [3.8, 4) is 0 Å². The number of nitrogens with zero attached hydrogens (tertiary/aromatic N) is 4. The van der Waals surface area contributed by atoms with Crippen LogP contribution in [0.2, 0.25) is 0 Å². The monoisotopic (exact) mass is 467 g/mol. The molecule has 0 amide bonds. The molecule has 0 spiro atoms. The molecule has 3 rings (SSSR count). The highest BCUT2D eigenvalue weighted by Crippen LogP contribution is 2.16. The normalized spacial score (nSPS) is 17.7. The van der Waals surface area contributed by atoms with Crippen molar-refractivity contribution >= 4 is 29.9 Å². The number of guanidine groups is 1. The maximum atomic E-state index is 4.86. The molecule has 1 aromatic carbocycles. The summed E-state index contributed by atoms with van der Waals surface area (Å²) in [4.78, 5) is 11.4. The molecule has 0 aliphatic carbocycles. The predicted octanol–water partition coefficient (Wildman–Crippen LogP) is 3.75. The minimum Gasteiger partial charge on any atom is -0.357 e. The highest BCUT2D eigenvalue weighted by molar-refractivity contribution is 14.0. The zero-order chi connectivity index (χ0) is 17.5. The molecule has 1 fully saturated rings. The van der Waals surface area contributed by atoms with E-state index in [0.717, 1.165) is 44.6 Å². The zero-order valence-electron chi connectivity index (χ0n) is 15.8. The molecule has 1 N–H and O–H groups in total. The lowest BCUT2D eigenvalue weighted by Gasteiger charge is -2.33. The summed E-state index contributed by atoms with van der Waals surface area (Å²) in [7, 11) is 0. The van der Waals surface area contributed by atoms with Crippen LogP contribution in [-0.4, -0.2) is 40.0 Å². The summed E-state index contributed by atoms with van der Waals surface area (Å²) >= 11 is 0. The average molecular weight is 467 g/mol. The van der Waals surface area contributed by atoms with Gasteiger partial charge in [-0.3, -0.25) is 0 Å². The smallest absolute Gasteiger partial charge is 0.194 e. The van der Waals surface area contributed by atoms with Gasteiger partial charge in [0.05, 0.1) is 12.9 Å². The molecule has 0 bridgehead atoms. The molecule has 1 aromatic heterocycles. The fourth-order valence-corrected chi connectivity index (χ4v) is 3.31. The van der Waals surface area contributed by atoms with Crippen molar-refractivity contribution in [2.45, 2.75) is 39.8 Å². The Balaban J connectivity index is 0.00000243. The maximum Gasteiger partial charge on any atom is 0.194 e. The zero-order valence-corrected chi connectivity index (χ0v) is 18.1. The van der Waals surface area contributed by atoms with E-state index in [1.807, 2.05) is 18.7 Å². The second-order valence-corrected chi connectivity index (χ2v) is 6.92. The summed E-state index contributed by atoms with van der Waals surface area (Å²) < 4.78 is 2.08. The minimum atomic E-state index is 0. The largest absolute Gasteiger partial charge is 0.357 e. The third kappa shape index (κ3) is 6.00. The van der Waals surface area contributed by atoms with Gasteiger partial charge in [-0.2, -0.15) is 0 Å². The average Bonchev–Trinajstić information content (AvgIpc) is 3.13. The maximum absolute atomic E-state index is 4.86. The highest BCUT2D eigenvalue weighted by atomic mass is 127. The number of aromatic nitrogens is 2. The molecular formula is C20H30IN5. The molecule has 2 heterocycles. The van der Waals surface area contributed by atoms with Gasteiger partial charge in [0.2, 0.25) is 0 Å². The highest BCUT2D eigenvalue weighted by Gasteiger charge is 2.18. The van der Waals surface area contributed by atoms with Gasteiger partial charge in [-0.25, -0.2) is 9.98 Å². The van der Waals surface area contributed by atoms with E-state index in [-0.39, 0.29) is 24.0 Å². The standard InChI is InChI=1S/C20H29N5.HI/c1-3-22-20(25-11-4-5-17(2)14-25)23-13-18-6-8-19(9-7-18)15-24-12-10-21-16-24;/h6-10,12,16-17H,3-5,11,13-15H2,1-2H3,(H,22,23);1H. The first-order valence-corrected chi connectivity index (χ1v) is 9.31. The van der Waals surface area contributed by atoms with Crippen LogP contribution in [0.4, 0.5) is 0 Å². The Morgan fingerprint density at radius 2 is 2.04 bits per heavy atom. The number of likely N-dealkylation sites (tertiary alicyclic amines) is 1. The predicted molar refractivity (Wildman–Crippen MR) is 118 cm³/mol. The van der Waals surface area contributed by atoms with Crippen molar-refractivity contribution in [1.29, 1.82) is 0 Å². The van der Waals surface area contributed by atoms with Crippen LogP contribution in [0.15, 0.2) is 48.0 Å². The molecule has 5 nitrogen and oxygen atoms in total. The van der Waals surface area contributed by atoms with Crippen molar-refractivity contribution in [1.82, 2.24) is 19.8 Å². The van der Waals surface area contributed by atoms with E-state index in [0.29, 0.717) is 0 Å². The molecule has 26 heavy (non-hydrogen) atoms. The van der Waals surface area contributed by atoms with Crippen LogP contribution in [0.1, 0.15) is 37.8 Å². The summed E-state index contributed by atoms with van der Waals surface area (Å²) in [5.74, 6) is 1.80. The van der Waals surface area contributed by atoms with Crippen molar-refractivity contribution < 1.29 is 0 Å². The molecule has 0 radical (unpaired) electrons. The summed E-state index contributed by atoms with van der Waals surface area (Å²) in [5, 5.41) is 3.45. The summed E-state index contributed by atoms with van der Waals surface area (Å²) in [6, 6.07) is 8.72. The van der Waals surface area contributed by atoms with Crippen LogP contribution in [0.25, 0.3) is 0 Å². The first kappa shape index (κ1) is 20.7.